The number of hydrogen-bond acceptors (Lipinski definition) is 2. The van der Waals surface area contributed by atoms with Gasteiger partial charge in [0, 0.05) is 19.1 Å². The smallest absolute Gasteiger partial charge is 0.0678 e. The van der Waals surface area contributed by atoms with Gasteiger partial charge < -0.3 is 4.74 Å². The lowest BCUT2D eigenvalue weighted by Gasteiger charge is -2.58. The topological polar surface area (TPSA) is 12.5 Å². The molecule has 1 saturated heterocycles. The van der Waals surface area contributed by atoms with E-state index in [9.17, 15) is 0 Å². The van der Waals surface area contributed by atoms with E-state index in [1.807, 2.05) is 0 Å². The molecule has 0 aromatic heterocycles. The summed E-state index contributed by atoms with van der Waals surface area (Å²) in [5, 5.41) is 0. The molecular formula is C16H27NO. The normalized spacial score (nSPS) is 56.0. The largest absolute Gasteiger partial charge is 0.373 e. The molecular weight excluding hydrogens is 222 g/mol. The minimum atomic E-state index is 0.436. The Hall–Kier alpha value is -0.0800. The van der Waals surface area contributed by atoms with Gasteiger partial charge in [0.25, 0.3) is 0 Å². The Labute approximate surface area is 111 Å². The number of ether oxygens (including phenoxy) is 1. The van der Waals surface area contributed by atoms with Crippen molar-refractivity contribution in [3.63, 3.8) is 0 Å². The Morgan fingerprint density at radius 2 is 1.28 bits per heavy atom. The summed E-state index contributed by atoms with van der Waals surface area (Å²) in [5.74, 6) is 4.25. The molecule has 0 unspecified atom stereocenters. The Bertz CT molecular complexity index is 291. The second kappa shape index (κ2) is 4.21. The van der Waals surface area contributed by atoms with Gasteiger partial charge in [0.1, 0.15) is 0 Å². The molecule has 0 radical (unpaired) electrons. The van der Waals surface area contributed by atoms with Crippen molar-refractivity contribution in [2.45, 2.75) is 64.2 Å². The highest BCUT2D eigenvalue weighted by Gasteiger charge is 2.50. The van der Waals surface area contributed by atoms with Gasteiger partial charge in [0.05, 0.1) is 12.2 Å². The number of nitrogens with zero attached hydrogens (tertiary/aromatic N) is 1. The molecule has 0 aromatic rings. The maximum absolute atomic E-state index is 5.92. The first-order chi connectivity index (χ1) is 8.69. The third-order valence-electron chi connectivity index (χ3n) is 6.05. The molecule has 1 heterocycles. The van der Waals surface area contributed by atoms with E-state index in [4.69, 9.17) is 4.74 Å². The molecule has 5 fully saturated rings. The van der Waals surface area contributed by atoms with Crippen molar-refractivity contribution in [3.8, 4) is 0 Å². The molecule has 4 bridgehead atoms. The van der Waals surface area contributed by atoms with Crippen LogP contribution in [0.5, 0.6) is 0 Å². The molecule has 4 saturated carbocycles. The highest BCUT2D eigenvalue weighted by molar-refractivity contribution is 5.03. The summed E-state index contributed by atoms with van der Waals surface area (Å²) in [6, 6.07) is 0.909. The summed E-state index contributed by atoms with van der Waals surface area (Å²) in [6.45, 7) is 6.85. The summed E-state index contributed by atoms with van der Waals surface area (Å²) in [7, 11) is 0. The van der Waals surface area contributed by atoms with Crippen molar-refractivity contribution in [2.75, 3.05) is 13.1 Å². The first-order valence-corrected chi connectivity index (χ1v) is 8.08. The van der Waals surface area contributed by atoms with Crippen LogP contribution >= 0.6 is 0 Å². The molecule has 4 aliphatic carbocycles. The van der Waals surface area contributed by atoms with Crippen LogP contribution in [0.2, 0.25) is 0 Å². The number of morpholine rings is 1. The van der Waals surface area contributed by atoms with Gasteiger partial charge in [0.15, 0.2) is 0 Å². The highest BCUT2D eigenvalue weighted by atomic mass is 16.5. The van der Waals surface area contributed by atoms with Crippen molar-refractivity contribution in [2.24, 2.45) is 23.7 Å². The fraction of sp³-hybridized carbons (Fsp3) is 1.00. The molecule has 0 N–H and O–H groups in total. The molecule has 102 valence electrons. The molecule has 0 spiro atoms. The highest BCUT2D eigenvalue weighted by Crippen LogP contribution is 2.55. The van der Waals surface area contributed by atoms with Crippen LogP contribution < -0.4 is 0 Å². The zero-order valence-electron chi connectivity index (χ0n) is 11.8. The van der Waals surface area contributed by atoms with Gasteiger partial charge in [-0.3, -0.25) is 4.90 Å². The average Bonchev–Trinajstić information content (AvgIpc) is 2.25. The predicted molar refractivity (Wildman–Crippen MR) is 72.4 cm³/mol. The van der Waals surface area contributed by atoms with Gasteiger partial charge in [-0.1, -0.05) is 0 Å². The standard InChI is InChI=1S/C16H27NO/c1-10-8-17(9-11(2)18-10)16-14-4-12-3-13(6-14)7-15(16)5-12/h10-16H,3-9H2,1-2H3/t10-,11+,12?,13?,14?,15?,16?. The second-order valence-corrected chi connectivity index (χ2v) is 7.63. The van der Waals surface area contributed by atoms with E-state index >= 15 is 0 Å². The maximum Gasteiger partial charge on any atom is 0.0678 e. The minimum Gasteiger partial charge on any atom is -0.373 e. The van der Waals surface area contributed by atoms with Crippen LogP contribution in [-0.4, -0.2) is 36.2 Å². The quantitative estimate of drug-likeness (QED) is 0.708. The fourth-order valence-electron chi connectivity index (χ4n) is 5.95. The van der Waals surface area contributed by atoms with Crippen LogP contribution in [0, 0.1) is 23.7 Å². The van der Waals surface area contributed by atoms with Gasteiger partial charge in [-0.2, -0.15) is 0 Å². The first kappa shape index (κ1) is 11.7. The van der Waals surface area contributed by atoms with E-state index in [1.165, 1.54) is 38.8 Å². The van der Waals surface area contributed by atoms with Crippen LogP contribution in [0.25, 0.3) is 0 Å². The van der Waals surface area contributed by atoms with Gasteiger partial charge in [-0.05, 0) is 69.6 Å². The minimum absolute atomic E-state index is 0.436. The lowest BCUT2D eigenvalue weighted by Crippen LogP contribution is -2.60. The zero-order chi connectivity index (χ0) is 12.3. The Morgan fingerprint density at radius 3 is 1.78 bits per heavy atom. The maximum atomic E-state index is 5.92. The first-order valence-electron chi connectivity index (χ1n) is 8.08. The van der Waals surface area contributed by atoms with E-state index in [2.05, 4.69) is 18.7 Å². The van der Waals surface area contributed by atoms with E-state index in [1.54, 1.807) is 6.42 Å². The van der Waals surface area contributed by atoms with Gasteiger partial charge in [-0.25, -0.2) is 0 Å². The summed E-state index contributed by atoms with van der Waals surface area (Å²) in [4.78, 5) is 2.81. The van der Waals surface area contributed by atoms with Crippen molar-refractivity contribution < 1.29 is 4.74 Å². The number of rotatable bonds is 1. The van der Waals surface area contributed by atoms with Crippen molar-refractivity contribution >= 4 is 0 Å². The van der Waals surface area contributed by atoms with Crippen LogP contribution in [0.1, 0.15) is 46.0 Å². The molecule has 0 aromatic carbocycles. The molecule has 2 atom stereocenters. The lowest BCUT2D eigenvalue weighted by atomic mass is 9.54. The third kappa shape index (κ3) is 1.84. The third-order valence-corrected chi connectivity index (χ3v) is 6.05. The van der Waals surface area contributed by atoms with E-state index in [0.717, 1.165) is 29.7 Å². The van der Waals surface area contributed by atoms with Gasteiger partial charge in [0.2, 0.25) is 0 Å². The van der Waals surface area contributed by atoms with E-state index < -0.39 is 0 Å². The molecule has 1 aliphatic heterocycles. The van der Waals surface area contributed by atoms with Gasteiger partial charge in [-0.15, -0.1) is 0 Å². The Balaban J connectivity index is 1.54. The lowest BCUT2D eigenvalue weighted by molar-refractivity contribution is -0.130. The average molecular weight is 249 g/mol. The fourth-order valence-corrected chi connectivity index (χ4v) is 5.95. The SMILES string of the molecule is C[C@@H]1CN(C2C3CC4CC(C3)CC2C4)C[C@H](C)O1. The second-order valence-electron chi connectivity index (χ2n) is 7.63. The van der Waals surface area contributed by atoms with Crippen LogP contribution in [0.15, 0.2) is 0 Å². The Morgan fingerprint density at radius 1 is 0.778 bits per heavy atom. The van der Waals surface area contributed by atoms with Crippen LogP contribution in [0.4, 0.5) is 0 Å². The van der Waals surface area contributed by atoms with Gasteiger partial charge >= 0.3 is 0 Å². The van der Waals surface area contributed by atoms with Crippen LogP contribution in [-0.2, 0) is 4.74 Å². The van der Waals surface area contributed by atoms with Crippen molar-refractivity contribution in [3.05, 3.63) is 0 Å². The summed E-state index contributed by atoms with van der Waals surface area (Å²) in [5.41, 5.74) is 0. The Kier molecular flexibility index (Phi) is 2.74. The van der Waals surface area contributed by atoms with Crippen molar-refractivity contribution in [1.82, 2.24) is 4.90 Å². The summed E-state index contributed by atoms with van der Waals surface area (Å²) in [6.07, 6.45) is 8.60. The molecule has 2 nitrogen and oxygen atoms in total. The molecule has 5 aliphatic rings. The monoisotopic (exact) mass is 249 g/mol. The zero-order valence-corrected chi connectivity index (χ0v) is 11.8. The molecule has 2 heteroatoms. The van der Waals surface area contributed by atoms with E-state index in [0.29, 0.717) is 12.2 Å². The summed E-state index contributed by atoms with van der Waals surface area (Å²) >= 11 is 0. The molecule has 18 heavy (non-hydrogen) atoms. The summed E-state index contributed by atoms with van der Waals surface area (Å²) < 4.78 is 5.92. The number of hydrogen-bond donors (Lipinski definition) is 0. The van der Waals surface area contributed by atoms with Crippen LogP contribution in [0.3, 0.4) is 0 Å². The molecule has 5 rings (SSSR count). The van der Waals surface area contributed by atoms with E-state index in [-0.39, 0.29) is 0 Å². The predicted octanol–water partition coefficient (Wildman–Crippen LogP) is 2.92. The van der Waals surface area contributed by atoms with Crippen molar-refractivity contribution in [1.29, 1.82) is 0 Å². The molecule has 0 amide bonds.